The number of halogens is 1. The van der Waals surface area contributed by atoms with E-state index in [1.807, 2.05) is 25.1 Å². The Bertz CT molecular complexity index is 554. The number of carbonyl (C=O) groups excluding carboxylic acids is 1. The van der Waals surface area contributed by atoms with Gasteiger partial charge < -0.3 is 15.0 Å². The molecule has 1 atom stereocenters. The van der Waals surface area contributed by atoms with Gasteiger partial charge in [-0.05, 0) is 50.2 Å². The molecule has 3 rings (SSSR count). The standard InChI is InChI=1S/C19H27ClN2O2/c1-14-3-2-4-17(20)19(14)24-12-10-21-16-7-8-18(23)22(11-9-16)13-15-5-6-15/h2-4,15-16,21H,5-13H2,1H3. The number of aryl methyl sites for hydroxylation is 1. The third kappa shape index (κ3) is 4.87. The van der Waals surface area contributed by atoms with Crippen LogP contribution in [0.25, 0.3) is 0 Å². The summed E-state index contributed by atoms with van der Waals surface area (Å²) in [7, 11) is 0. The van der Waals surface area contributed by atoms with Gasteiger partial charge in [0, 0.05) is 32.1 Å². The van der Waals surface area contributed by atoms with Crippen LogP contribution < -0.4 is 10.1 Å². The molecule has 1 aromatic rings. The van der Waals surface area contributed by atoms with Gasteiger partial charge in [-0.25, -0.2) is 0 Å². The zero-order valence-electron chi connectivity index (χ0n) is 14.4. The zero-order valence-corrected chi connectivity index (χ0v) is 15.1. The first kappa shape index (κ1) is 17.6. The Kier molecular flexibility index (Phi) is 6.01. The fraction of sp³-hybridized carbons (Fsp3) is 0.632. The van der Waals surface area contributed by atoms with E-state index in [0.717, 1.165) is 49.7 Å². The Morgan fingerprint density at radius 2 is 2.12 bits per heavy atom. The highest BCUT2D eigenvalue weighted by atomic mass is 35.5. The van der Waals surface area contributed by atoms with Gasteiger partial charge in [0.25, 0.3) is 0 Å². The van der Waals surface area contributed by atoms with Gasteiger partial charge in [0.2, 0.25) is 5.91 Å². The van der Waals surface area contributed by atoms with Gasteiger partial charge in [-0.3, -0.25) is 4.79 Å². The number of likely N-dealkylation sites (tertiary alicyclic amines) is 1. The third-order valence-electron chi connectivity index (χ3n) is 4.93. The van der Waals surface area contributed by atoms with Crippen molar-refractivity contribution < 1.29 is 9.53 Å². The number of rotatable bonds is 7. The molecule has 0 bridgehead atoms. The van der Waals surface area contributed by atoms with E-state index in [2.05, 4.69) is 10.2 Å². The summed E-state index contributed by atoms with van der Waals surface area (Å²) in [5.41, 5.74) is 1.05. The van der Waals surface area contributed by atoms with Gasteiger partial charge in [0.05, 0.1) is 5.02 Å². The maximum atomic E-state index is 12.2. The number of carbonyl (C=O) groups is 1. The minimum atomic E-state index is 0.328. The third-order valence-corrected chi connectivity index (χ3v) is 5.23. The van der Waals surface area contributed by atoms with E-state index in [4.69, 9.17) is 16.3 Å². The molecule has 1 aliphatic carbocycles. The largest absolute Gasteiger partial charge is 0.490 e. The Morgan fingerprint density at radius 3 is 2.88 bits per heavy atom. The molecular weight excluding hydrogens is 324 g/mol. The fourth-order valence-corrected chi connectivity index (χ4v) is 3.54. The number of hydrogen-bond donors (Lipinski definition) is 1. The van der Waals surface area contributed by atoms with Crippen molar-refractivity contribution in [3.05, 3.63) is 28.8 Å². The average Bonchev–Trinajstić information content (AvgIpc) is 3.38. The summed E-state index contributed by atoms with van der Waals surface area (Å²) < 4.78 is 5.82. The molecule has 1 unspecified atom stereocenters. The average molecular weight is 351 g/mol. The normalized spacial score (nSPS) is 21.7. The van der Waals surface area contributed by atoms with Gasteiger partial charge in [-0.2, -0.15) is 0 Å². The number of amides is 1. The molecule has 1 aliphatic heterocycles. The molecule has 24 heavy (non-hydrogen) atoms. The smallest absolute Gasteiger partial charge is 0.222 e. The molecule has 1 heterocycles. The Balaban J connectivity index is 1.39. The molecule has 1 amide bonds. The van der Waals surface area contributed by atoms with Crippen molar-refractivity contribution in [2.75, 3.05) is 26.2 Å². The summed E-state index contributed by atoms with van der Waals surface area (Å²) in [6.07, 6.45) is 5.21. The number of para-hydroxylation sites is 1. The summed E-state index contributed by atoms with van der Waals surface area (Å²) in [6.45, 7) is 5.21. The predicted molar refractivity (Wildman–Crippen MR) is 96.6 cm³/mol. The molecule has 4 nitrogen and oxygen atoms in total. The van der Waals surface area contributed by atoms with Crippen molar-refractivity contribution in [3.8, 4) is 5.75 Å². The lowest BCUT2D eigenvalue weighted by Crippen LogP contribution is -2.35. The van der Waals surface area contributed by atoms with Crippen LogP contribution in [0.15, 0.2) is 18.2 Å². The molecule has 1 N–H and O–H groups in total. The molecule has 2 fully saturated rings. The number of hydrogen-bond acceptors (Lipinski definition) is 3. The van der Waals surface area contributed by atoms with Crippen molar-refractivity contribution in [1.82, 2.24) is 10.2 Å². The Labute approximate surface area is 149 Å². The lowest BCUT2D eigenvalue weighted by Gasteiger charge is -2.21. The van der Waals surface area contributed by atoms with Gasteiger partial charge in [0.15, 0.2) is 0 Å². The van der Waals surface area contributed by atoms with E-state index < -0.39 is 0 Å². The summed E-state index contributed by atoms with van der Waals surface area (Å²) in [5.74, 6) is 1.87. The molecule has 1 saturated heterocycles. The summed E-state index contributed by atoms with van der Waals surface area (Å²) in [5, 5.41) is 4.19. The highest BCUT2D eigenvalue weighted by Gasteiger charge is 2.28. The lowest BCUT2D eigenvalue weighted by molar-refractivity contribution is -0.130. The number of benzene rings is 1. The second kappa shape index (κ2) is 8.21. The first-order valence-corrected chi connectivity index (χ1v) is 9.40. The molecule has 132 valence electrons. The molecule has 1 saturated carbocycles. The molecule has 0 spiro atoms. The van der Waals surface area contributed by atoms with Crippen molar-refractivity contribution in [1.29, 1.82) is 0 Å². The van der Waals surface area contributed by atoms with Crippen LogP contribution in [-0.2, 0) is 4.79 Å². The van der Waals surface area contributed by atoms with Crippen molar-refractivity contribution in [2.45, 2.75) is 45.1 Å². The summed E-state index contributed by atoms with van der Waals surface area (Å²) in [6, 6.07) is 6.18. The van der Waals surface area contributed by atoms with E-state index in [9.17, 15) is 4.79 Å². The van der Waals surface area contributed by atoms with E-state index in [1.165, 1.54) is 12.8 Å². The maximum Gasteiger partial charge on any atom is 0.222 e. The molecule has 2 aliphatic rings. The predicted octanol–water partition coefficient (Wildman–Crippen LogP) is 3.41. The van der Waals surface area contributed by atoms with Crippen molar-refractivity contribution >= 4 is 17.5 Å². The van der Waals surface area contributed by atoms with Crippen LogP contribution in [0, 0.1) is 12.8 Å². The second-order valence-corrected chi connectivity index (χ2v) is 7.40. The lowest BCUT2D eigenvalue weighted by atomic mass is 10.1. The number of nitrogens with zero attached hydrogens (tertiary/aromatic N) is 1. The topological polar surface area (TPSA) is 41.6 Å². The quantitative estimate of drug-likeness (QED) is 0.766. The van der Waals surface area contributed by atoms with E-state index >= 15 is 0 Å². The number of nitrogens with one attached hydrogen (secondary N) is 1. The summed E-state index contributed by atoms with van der Waals surface area (Å²) in [4.78, 5) is 14.2. The minimum absolute atomic E-state index is 0.328. The Hall–Kier alpha value is -1.26. The Morgan fingerprint density at radius 1 is 1.29 bits per heavy atom. The van der Waals surface area contributed by atoms with Gasteiger partial charge in [-0.15, -0.1) is 0 Å². The first-order valence-electron chi connectivity index (χ1n) is 9.02. The maximum absolute atomic E-state index is 12.2. The molecule has 1 aromatic carbocycles. The van der Waals surface area contributed by atoms with Crippen LogP contribution in [0.4, 0.5) is 0 Å². The highest BCUT2D eigenvalue weighted by molar-refractivity contribution is 6.32. The summed E-state index contributed by atoms with van der Waals surface area (Å²) >= 11 is 6.17. The van der Waals surface area contributed by atoms with Crippen molar-refractivity contribution in [3.63, 3.8) is 0 Å². The van der Waals surface area contributed by atoms with E-state index in [0.29, 0.717) is 30.0 Å². The van der Waals surface area contributed by atoms with Crippen LogP contribution >= 0.6 is 11.6 Å². The van der Waals surface area contributed by atoms with Crippen LogP contribution in [0.3, 0.4) is 0 Å². The van der Waals surface area contributed by atoms with Gasteiger partial charge in [0.1, 0.15) is 12.4 Å². The van der Waals surface area contributed by atoms with Crippen LogP contribution in [0.2, 0.25) is 5.02 Å². The molecule has 5 heteroatoms. The highest BCUT2D eigenvalue weighted by Crippen LogP contribution is 2.30. The minimum Gasteiger partial charge on any atom is -0.490 e. The zero-order chi connectivity index (χ0) is 16.9. The monoisotopic (exact) mass is 350 g/mol. The fourth-order valence-electron chi connectivity index (χ4n) is 3.26. The van der Waals surface area contributed by atoms with Gasteiger partial charge >= 0.3 is 0 Å². The number of ether oxygens (including phenoxy) is 1. The van der Waals surface area contributed by atoms with Crippen LogP contribution in [0.1, 0.15) is 37.7 Å². The first-order chi connectivity index (χ1) is 11.6. The van der Waals surface area contributed by atoms with Crippen LogP contribution in [-0.4, -0.2) is 43.1 Å². The molecule has 0 aromatic heterocycles. The van der Waals surface area contributed by atoms with Crippen LogP contribution in [0.5, 0.6) is 5.75 Å². The molecule has 0 radical (unpaired) electrons. The van der Waals surface area contributed by atoms with E-state index in [-0.39, 0.29) is 0 Å². The SMILES string of the molecule is Cc1cccc(Cl)c1OCCNC1CCC(=O)N(CC2CC2)CC1. The van der Waals surface area contributed by atoms with Crippen molar-refractivity contribution in [2.24, 2.45) is 5.92 Å². The second-order valence-electron chi connectivity index (χ2n) is 7.00. The van der Waals surface area contributed by atoms with Gasteiger partial charge in [-0.1, -0.05) is 23.7 Å². The molecular formula is C19H27ClN2O2. The van der Waals surface area contributed by atoms with E-state index in [1.54, 1.807) is 0 Å².